The van der Waals surface area contributed by atoms with E-state index in [0.29, 0.717) is 25.3 Å². The lowest BCUT2D eigenvalue weighted by atomic mass is 10.00. The molecule has 0 radical (unpaired) electrons. The van der Waals surface area contributed by atoms with Gasteiger partial charge in [0.05, 0.1) is 0 Å². The molecule has 0 aliphatic heterocycles. The van der Waals surface area contributed by atoms with Crippen molar-refractivity contribution < 1.29 is 9.59 Å². The van der Waals surface area contributed by atoms with Gasteiger partial charge >= 0.3 is 0 Å². The van der Waals surface area contributed by atoms with E-state index in [2.05, 4.69) is 43.4 Å². The molecule has 1 N–H and O–H groups in total. The molecule has 2 rings (SSSR count). The number of aryl methyl sites for hydroxylation is 1. The molecule has 1 atom stereocenters. The van der Waals surface area contributed by atoms with Crippen molar-refractivity contribution in [3.05, 3.63) is 71.3 Å². The van der Waals surface area contributed by atoms with E-state index in [1.165, 1.54) is 5.56 Å². The number of rotatable bonds is 9. The lowest BCUT2D eigenvalue weighted by molar-refractivity contribution is -0.140. The van der Waals surface area contributed by atoms with E-state index in [-0.39, 0.29) is 17.9 Å². The molecule has 0 unspecified atom stereocenters. The van der Waals surface area contributed by atoms with Gasteiger partial charge < -0.3 is 10.2 Å². The fourth-order valence-electron chi connectivity index (χ4n) is 3.23. The Hall–Kier alpha value is -2.62. The summed E-state index contributed by atoms with van der Waals surface area (Å²) in [7, 11) is 0. The molecule has 0 spiro atoms. The maximum atomic E-state index is 13.1. The minimum Gasteiger partial charge on any atom is -0.352 e. The molecule has 29 heavy (non-hydrogen) atoms. The Morgan fingerprint density at radius 1 is 0.862 bits per heavy atom. The van der Waals surface area contributed by atoms with E-state index in [4.69, 9.17) is 0 Å². The summed E-state index contributed by atoms with van der Waals surface area (Å²) in [5.74, 6) is 0.367. The van der Waals surface area contributed by atoms with Gasteiger partial charge in [-0.25, -0.2) is 0 Å². The van der Waals surface area contributed by atoms with Crippen molar-refractivity contribution in [2.75, 3.05) is 0 Å². The summed E-state index contributed by atoms with van der Waals surface area (Å²) < 4.78 is 0. The summed E-state index contributed by atoms with van der Waals surface area (Å²) in [5.41, 5.74) is 3.46. The van der Waals surface area contributed by atoms with Gasteiger partial charge in [-0.3, -0.25) is 9.59 Å². The average molecular weight is 395 g/mol. The topological polar surface area (TPSA) is 49.4 Å². The van der Waals surface area contributed by atoms with Crippen LogP contribution in [-0.2, 0) is 22.6 Å². The van der Waals surface area contributed by atoms with E-state index < -0.39 is 6.04 Å². The Morgan fingerprint density at radius 3 is 2.03 bits per heavy atom. The molecule has 4 heteroatoms. The zero-order valence-electron chi connectivity index (χ0n) is 18.3. The number of nitrogens with one attached hydrogen (secondary N) is 1. The molecule has 0 saturated carbocycles. The van der Waals surface area contributed by atoms with Crippen LogP contribution in [-0.4, -0.2) is 28.8 Å². The zero-order valence-corrected chi connectivity index (χ0v) is 18.3. The Bertz CT molecular complexity index is 782. The second-order valence-electron chi connectivity index (χ2n) is 8.24. The van der Waals surface area contributed by atoms with Gasteiger partial charge in [-0.2, -0.15) is 0 Å². The molecular weight excluding hydrogens is 360 g/mol. The number of hydrogen-bond donors (Lipinski definition) is 1. The third kappa shape index (κ3) is 7.04. The molecule has 0 aliphatic carbocycles. The van der Waals surface area contributed by atoms with E-state index in [9.17, 15) is 9.59 Å². The SMILES string of the molecule is CC(C)NC(=O)[C@H](C)N(Cc1ccccc1)C(=O)CCc1ccc(C(C)C)cc1. The molecule has 0 bridgehead atoms. The first kappa shape index (κ1) is 22.7. The molecule has 4 nitrogen and oxygen atoms in total. The van der Waals surface area contributed by atoms with Gasteiger partial charge in [0.25, 0.3) is 0 Å². The van der Waals surface area contributed by atoms with Gasteiger partial charge in [0, 0.05) is 19.0 Å². The lowest BCUT2D eigenvalue weighted by Gasteiger charge is -2.29. The Morgan fingerprint density at radius 2 is 1.48 bits per heavy atom. The summed E-state index contributed by atoms with van der Waals surface area (Å²) in [6, 6.07) is 17.8. The van der Waals surface area contributed by atoms with Crippen LogP contribution in [0.1, 0.15) is 63.6 Å². The van der Waals surface area contributed by atoms with E-state index in [1.807, 2.05) is 44.2 Å². The minimum atomic E-state index is -0.520. The Kier molecular flexibility index (Phi) is 8.44. The first-order valence-corrected chi connectivity index (χ1v) is 10.5. The normalized spacial score (nSPS) is 12.1. The van der Waals surface area contributed by atoms with Crippen molar-refractivity contribution in [3.63, 3.8) is 0 Å². The van der Waals surface area contributed by atoms with Crippen LogP contribution >= 0.6 is 0 Å². The van der Waals surface area contributed by atoms with Crippen LogP contribution < -0.4 is 5.32 Å². The molecule has 2 aromatic rings. The maximum Gasteiger partial charge on any atom is 0.242 e. The predicted octanol–water partition coefficient (Wildman–Crippen LogP) is 4.68. The number of carbonyl (C=O) groups is 2. The van der Waals surface area contributed by atoms with E-state index in [1.54, 1.807) is 11.8 Å². The summed E-state index contributed by atoms with van der Waals surface area (Å²) in [6.07, 6.45) is 1.05. The minimum absolute atomic E-state index is 0.00630. The van der Waals surface area contributed by atoms with Gasteiger partial charge in [-0.15, -0.1) is 0 Å². The van der Waals surface area contributed by atoms with Crippen molar-refractivity contribution in [2.45, 2.75) is 72.0 Å². The largest absolute Gasteiger partial charge is 0.352 e. The van der Waals surface area contributed by atoms with Crippen LogP contribution in [0, 0.1) is 0 Å². The van der Waals surface area contributed by atoms with Gasteiger partial charge in [0.15, 0.2) is 0 Å². The van der Waals surface area contributed by atoms with Gasteiger partial charge in [0.2, 0.25) is 11.8 Å². The monoisotopic (exact) mass is 394 g/mol. The summed E-state index contributed by atoms with van der Waals surface area (Å²) in [6.45, 7) is 10.4. The Balaban J connectivity index is 2.09. The molecule has 0 saturated heterocycles. The molecule has 0 aliphatic rings. The predicted molar refractivity (Wildman–Crippen MR) is 119 cm³/mol. The fraction of sp³-hybridized carbons (Fsp3) is 0.440. The Labute approximate surface area is 175 Å². The van der Waals surface area contributed by atoms with Crippen LogP contribution in [0.4, 0.5) is 0 Å². The first-order valence-electron chi connectivity index (χ1n) is 10.5. The molecule has 2 amide bonds. The lowest BCUT2D eigenvalue weighted by Crippen LogP contribution is -2.49. The average Bonchev–Trinajstić information content (AvgIpc) is 2.70. The summed E-state index contributed by atoms with van der Waals surface area (Å²) in [4.78, 5) is 27.3. The van der Waals surface area contributed by atoms with E-state index >= 15 is 0 Å². The highest BCUT2D eigenvalue weighted by Crippen LogP contribution is 2.17. The van der Waals surface area contributed by atoms with Crippen molar-refractivity contribution in [2.24, 2.45) is 0 Å². The number of hydrogen-bond acceptors (Lipinski definition) is 2. The van der Waals surface area contributed by atoms with Crippen LogP contribution in [0.2, 0.25) is 0 Å². The van der Waals surface area contributed by atoms with Crippen LogP contribution in [0.3, 0.4) is 0 Å². The molecule has 0 fully saturated rings. The molecule has 156 valence electrons. The highest BCUT2D eigenvalue weighted by Gasteiger charge is 2.26. The first-order chi connectivity index (χ1) is 13.8. The number of nitrogens with zero attached hydrogens (tertiary/aromatic N) is 1. The van der Waals surface area contributed by atoms with E-state index in [0.717, 1.165) is 11.1 Å². The molecular formula is C25H34N2O2. The molecule has 2 aromatic carbocycles. The van der Waals surface area contributed by atoms with Crippen molar-refractivity contribution in [3.8, 4) is 0 Å². The molecule has 0 heterocycles. The highest BCUT2D eigenvalue weighted by molar-refractivity contribution is 5.87. The second-order valence-corrected chi connectivity index (χ2v) is 8.24. The number of benzene rings is 2. The number of amides is 2. The van der Waals surface area contributed by atoms with Crippen molar-refractivity contribution in [1.29, 1.82) is 0 Å². The smallest absolute Gasteiger partial charge is 0.242 e. The third-order valence-corrected chi connectivity index (χ3v) is 5.07. The van der Waals surface area contributed by atoms with Crippen molar-refractivity contribution in [1.82, 2.24) is 10.2 Å². The second kappa shape index (κ2) is 10.8. The quantitative estimate of drug-likeness (QED) is 0.671. The third-order valence-electron chi connectivity index (χ3n) is 5.07. The summed E-state index contributed by atoms with van der Waals surface area (Å²) in [5, 5.41) is 2.92. The maximum absolute atomic E-state index is 13.1. The van der Waals surface area contributed by atoms with Crippen LogP contribution in [0.5, 0.6) is 0 Å². The van der Waals surface area contributed by atoms with Gasteiger partial charge in [0.1, 0.15) is 6.04 Å². The standard InChI is InChI=1S/C25H34N2O2/c1-18(2)23-14-11-21(12-15-23)13-16-24(28)27(17-22-9-7-6-8-10-22)20(5)25(29)26-19(3)4/h6-12,14-15,18-20H,13,16-17H2,1-5H3,(H,26,29)/t20-/m0/s1. The zero-order chi connectivity index (χ0) is 21.4. The number of carbonyl (C=O) groups excluding carboxylic acids is 2. The summed E-state index contributed by atoms with van der Waals surface area (Å²) >= 11 is 0. The fourth-order valence-corrected chi connectivity index (χ4v) is 3.23. The van der Waals surface area contributed by atoms with Crippen molar-refractivity contribution >= 4 is 11.8 Å². The van der Waals surface area contributed by atoms with Gasteiger partial charge in [-0.1, -0.05) is 68.4 Å². The highest BCUT2D eigenvalue weighted by atomic mass is 16.2. The van der Waals surface area contributed by atoms with Crippen LogP contribution in [0.15, 0.2) is 54.6 Å². The van der Waals surface area contributed by atoms with Crippen LogP contribution in [0.25, 0.3) is 0 Å². The van der Waals surface area contributed by atoms with Gasteiger partial charge in [-0.05, 0) is 49.8 Å². The molecule has 0 aromatic heterocycles.